The van der Waals surface area contributed by atoms with Gasteiger partial charge in [-0.25, -0.2) is 0 Å². The van der Waals surface area contributed by atoms with Crippen molar-refractivity contribution in [3.05, 3.63) is 59.2 Å². The summed E-state index contributed by atoms with van der Waals surface area (Å²) in [5.74, 6) is 3.32. The summed E-state index contributed by atoms with van der Waals surface area (Å²) in [4.78, 5) is 1.29. The molecule has 3 N–H and O–H groups in total. The number of rotatable bonds is 6. The van der Waals surface area contributed by atoms with Gasteiger partial charge in [-0.2, -0.15) is 0 Å². The zero-order valence-electron chi connectivity index (χ0n) is 16.7. The Morgan fingerprint density at radius 2 is 2.07 bits per heavy atom. The molecule has 28 heavy (non-hydrogen) atoms. The Balaban J connectivity index is 1.37. The van der Waals surface area contributed by atoms with E-state index in [0.29, 0.717) is 5.92 Å². The van der Waals surface area contributed by atoms with Crippen molar-refractivity contribution in [1.82, 2.24) is 0 Å². The number of aryl methyl sites for hydroxylation is 1. The van der Waals surface area contributed by atoms with Gasteiger partial charge in [0, 0.05) is 16.2 Å². The largest absolute Gasteiger partial charge is 0.497 e. The first-order chi connectivity index (χ1) is 13.6. The van der Waals surface area contributed by atoms with E-state index in [4.69, 9.17) is 10.5 Å². The number of benzene rings is 2. The van der Waals surface area contributed by atoms with E-state index in [-0.39, 0.29) is 12.1 Å². The van der Waals surface area contributed by atoms with Crippen LogP contribution in [0.5, 0.6) is 5.75 Å². The van der Waals surface area contributed by atoms with Crippen LogP contribution in [0, 0.1) is 5.92 Å². The second-order valence-electron chi connectivity index (χ2n) is 8.59. The Bertz CT molecular complexity index is 824. The molecular formula is C24H31NO2S. The maximum atomic E-state index is 9.54. The van der Waals surface area contributed by atoms with Gasteiger partial charge >= 0.3 is 0 Å². The lowest BCUT2D eigenvalue weighted by Crippen LogP contribution is -2.40. The minimum absolute atomic E-state index is 0.0983. The van der Waals surface area contributed by atoms with E-state index >= 15 is 0 Å². The molecule has 0 heterocycles. The van der Waals surface area contributed by atoms with Crippen molar-refractivity contribution in [3.63, 3.8) is 0 Å². The van der Waals surface area contributed by atoms with Crippen LogP contribution in [0.2, 0.25) is 0 Å². The van der Waals surface area contributed by atoms with Crippen LogP contribution in [0.4, 0.5) is 0 Å². The zero-order chi connectivity index (χ0) is 19.6. The monoisotopic (exact) mass is 397 g/mol. The summed E-state index contributed by atoms with van der Waals surface area (Å²) >= 11 is 1.94. The lowest BCUT2D eigenvalue weighted by atomic mass is 9.82. The third kappa shape index (κ3) is 4.40. The van der Waals surface area contributed by atoms with Gasteiger partial charge in [-0.15, -0.1) is 11.8 Å². The molecule has 1 saturated carbocycles. The fourth-order valence-electron chi connectivity index (χ4n) is 4.74. The summed E-state index contributed by atoms with van der Waals surface area (Å²) in [7, 11) is 1.72. The smallest absolute Gasteiger partial charge is 0.119 e. The Labute approximate surface area is 172 Å². The maximum Gasteiger partial charge on any atom is 0.119 e. The molecule has 4 rings (SSSR count). The van der Waals surface area contributed by atoms with Crippen molar-refractivity contribution in [3.8, 4) is 5.75 Å². The Morgan fingerprint density at radius 3 is 2.86 bits per heavy atom. The molecule has 0 aromatic heterocycles. The van der Waals surface area contributed by atoms with E-state index in [1.54, 1.807) is 7.11 Å². The normalized spacial score (nSPS) is 26.8. The summed E-state index contributed by atoms with van der Waals surface area (Å²) in [5, 5.41) is 9.54. The zero-order valence-corrected chi connectivity index (χ0v) is 17.5. The number of thioether (sulfide) groups is 1. The highest BCUT2D eigenvalue weighted by Crippen LogP contribution is 2.41. The van der Waals surface area contributed by atoms with E-state index in [1.807, 2.05) is 17.8 Å². The van der Waals surface area contributed by atoms with Crippen molar-refractivity contribution >= 4 is 11.8 Å². The second kappa shape index (κ2) is 8.48. The molecule has 2 aliphatic carbocycles. The standard InChI is InChI=1S/C24H31NO2S/c1-27-22-3-2-4-23(13-22)28-15-17-5-6-19-12-20(8-7-18(19)11-17)21-9-10-24(25,14-21)16-26/h2-4,7-8,12-13,17,21,26H,5-6,9-11,14-16,25H2,1H3/t17-,21+,24-/m1/s1. The average molecular weight is 398 g/mol. The molecule has 4 heteroatoms. The van der Waals surface area contributed by atoms with Crippen molar-refractivity contribution in [2.75, 3.05) is 19.5 Å². The van der Waals surface area contributed by atoms with Crippen LogP contribution in [-0.2, 0) is 12.8 Å². The fraction of sp³-hybridized carbons (Fsp3) is 0.500. The minimum atomic E-state index is -0.372. The predicted molar refractivity (Wildman–Crippen MR) is 116 cm³/mol. The lowest BCUT2D eigenvalue weighted by Gasteiger charge is -2.26. The number of ether oxygens (including phenoxy) is 1. The summed E-state index contributed by atoms with van der Waals surface area (Å²) in [6.45, 7) is 0.0983. The maximum absolute atomic E-state index is 9.54. The molecule has 0 amide bonds. The first-order valence-electron chi connectivity index (χ1n) is 10.4. The topological polar surface area (TPSA) is 55.5 Å². The second-order valence-corrected chi connectivity index (χ2v) is 9.68. The van der Waals surface area contributed by atoms with Crippen LogP contribution >= 0.6 is 11.8 Å². The van der Waals surface area contributed by atoms with Gasteiger partial charge < -0.3 is 15.6 Å². The van der Waals surface area contributed by atoms with Crippen molar-refractivity contribution in [1.29, 1.82) is 0 Å². The van der Waals surface area contributed by atoms with Gasteiger partial charge in [-0.05, 0) is 85.3 Å². The molecule has 0 bridgehead atoms. The molecular weight excluding hydrogens is 366 g/mol. The number of aliphatic hydroxyl groups excluding tert-OH is 1. The van der Waals surface area contributed by atoms with Crippen LogP contribution in [0.1, 0.15) is 48.3 Å². The number of nitrogens with two attached hydrogens (primary N) is 1. The van der Waals surface area contributed by atoms with E-state index in [0.717, 1.165) is 36.7 Å². The third-order valence-electron chi connectivity index (χ3n) is 6.52. The molecule has 2 aliphatic rings. The third-order valence-corrected chi connectivity index (χ3v) is 7.74. The molecule has 1 fully saturated rings. The van der Waals surface area contributed by atoms with Gasteiger partial charge in [0.1, 0.15) is 5.75 Å². The number of methoxy groups -OCH3 is 1. The molecule has 2 aromatic rings. The first-order valence-corrected chi connectivity index (χ1v) is 11.4. The quantitative estimate of drug-likeness (QED) is 0.702. The molecule has 3 nitrogen and oxygen atoms in total. The van der Waals surface area contributed by atoms with Gasteiger partial charge in [0.2, 0.25) is 0 Å². The molecule has 0 radical (unpaired) electrons. The minimum Gasteiger partial charge on any atom is -0.497 e. The lowest BCUT2D eigenvalue weighted by molar-refractivity contribution is 0.198. The Morgan fingerprint density at radius 1 is 1.18 bits per heavy atom. The van der Waals surface area contributed by atoms with Crippen molar-refractivity contribution < 1.29 is 9.84 Å². The van der Waals surface area contributed by atoms with Crippen LogP contribution < -0.4 is 10.5 Å². The summed E-state index contributed by atoms with van der Waals surface area (Å²) in [6, 6.07) is 15.4. The van der Waals surface area contributed by atoms with Crippen LogP contribution in [0.25, 0.3) is 0 Å². The number of aliphatic hydroxyl groups is 1. The summed E-state index contributed by atoms with van der Waals surface area (Å²) in [6.07, 6.45) is 6.53. The van der Waals surface area contributed by atoms with E-state index in [9.17, 15) is 5.11 Å². The average Bonchev–Trinajstić information content (AvgIpc) is 3.14. The number of hydrogen-bond donors (Lipinski definition) is 2. The molecule has 150 valence electrons. The number of fused-ring (bicyclic) bond motifs is 1. The molecule has 3 atom stereocenters. The Kier molecular flexibility index (Phi) is 6.00. The van der Waals surface area contributed by atoms with Crippen molar-refractivity contribution in [2.24, 2.45) is 11.7 Å². The Hall–Kier alpha value is -1.49. The van der Waals surface area contributed by atoms with Crippen LogP contribution in [-0.4, -0.2) is 30.1 Å². The van der Waals surface area contributed by atoms with Gasteiger partial charge in [-0.3, -0.25) is 0 Å². The van der Waals surface area contributed by atoms with Gasteiger partial charge in [0.25, 0.3) is 0 Å². The molecule has 0 unspecified atom stereocenters. The molecule has 0 aliphatic heterocycles. The van der Waals surface area contributed by atoms with Gasteiger partial charge in [0.15, 0.2) is 0 Å². The summed E-state index contributed by atoms with van der Waals surface area (Å²) < 4.78 is 5.33. The van der Waals surface area contributed by atoms with Crippen LogP contribution in [0.15, 0.2) is 47.4 Å². The fourth-order valence-corrected chi connectivity index (χ4v) is 5.82. The molecule has 0 spiro atoms. The molecule has 0 saturated heterocycles. The van der Waals surface area contributed by atoms with E-state index < -0.39 is 0 Å². The van der Waals surface area contributed by atoms with Crippen LogP contribution in [0.3, 0.4) is 0 Å². The SMILES string of the molecule is COc1cccc(SC[C@@H]2CCc3cc([C@H]4CC[C@](N)(CO)C4)ccc3C2)c1. The van der Waals surface area contributed by atoms with Crippen molar-refractivity contribution in [2.45, 2.75) is 54.9 Å². The molecule has 2 aromatic carbocycles. The highest BCUT2D eigenvalue weighted by molar-refractivity contribution is 7.99. The highest BCUT2D eigenvalue weighted by Gasteiger charge is 2.36. The highest BCUT2D eigenvalue weighted by atomic mass is 32.2. The summed E-state index contributed by atoms with van der Waals surface area (Å²) in [5.41, 5.74) is 10.4. The predicted octanol–water partition coefficient (Wildman–Crippen LogP) is 4.55. The van der Waals surface area contributed by atoms with E-state index in [2.05, 4.69) is 36.4 Å². The first kappa shape index (κ1) is 19.8. The number of hydrogen-bond acceptors (Lipinski definition) is 4. The van der Waals surface area contributed by atoms with E-state index in [1.165, 1.54) is 40.8 Å². The van der Waals surface area contributed by atoms with Gasteiger partial charge in [0.05, 0.1) is 13.7 Å². The van der Waals surface area contributed by atoms with Gasteiger partial charge in [-0.1, -0.05) is 24.3 Å².